The Morgan fingerprint density at radius 2 is 1.96 bits per heavy atom. The lowest BCUT2D eigenvalue weighted by molar-refractivity contribution is -0.385. The third-order valence-corrected chi connectivity index (χ3v) is 3.58. The summed E-state index contributed by atoms with van der Waals surface area (Å²) in [6, 6.07) is 12.2. The number of amides is 1. The number of ether oxygens (including phenoxy) is 2. The zero-order valence-electron chi connectivity index (χ0n) is 14.2. The van der Waals surface area contributed by atoms with Crippen molar-refractivity contribution in [1.29, 1.82) is 0 Å². The molecule has 0 atom stereocenters. The van der Waals surface area contributed by atoms with Gasteiger partial charge in [-0.1, -0.05) is 24.3 Å². The minimum Gasteiger partial charge on any atom is -0.496 e. The highest BCUT2D eigenvalue weighted by Crippen LogP contribution is 2.27. The number of nitro groups is 1. The van der Waals surface area contributed by atoms with E-state index in [0.29, 0.717) is 13.0 Å². The molecular weight excluding hydrogens is 324 g/mol. The summed E-state index contributed by atoms with van der Waals surface area (Å²) in [7, 11) is 1.60. The zero-order valence-corrected chi connectivity index (χ0v) is 14.2. The molecule has 25 heavy (non-hydrogen) atoms. The number of hydrogen-bond acceptors (Lipinski definition) is 5. The summed E-state index contributed by atoms with van der Waals surface area (Å²) in [5.41, 5.74) is 1.59. The fourth-order valence-electron chi connectivity index (χ4n) is 2.33. The lowest BCUT2D eigenvalue weighted by atomic mass is 10.1. The number of nitrogens with zero attached hydrogens (tertiary/aromatic N) is 1. The molecule has 0 heterocycles. The second-order valence-electron chi connectivity index (χ2n) is 5.43. The molecule has 2 aromatic carbocycles. The highest BCUT2D eigenvalue weighted by molar-refractivity contribution is 5.77. The van der Waals surface area contributed by atoms with E-state index in [4.69, 9.17) is 9.47 Å². The van der Waals surface area contributed by atoms with Gasteiger partial charge in [-0.3, -0.25) is 14.9 Å². The van der Waals surface area contributed by atoms with E-state index >= 15 is 0 Å². The number of benzene rings is 2. The van der Waals surface area contributed by atoms with Crippen molar-refractivity contribution in [2.24, 2.45) is 0 Å². The second kappa shape index (κ2) is 8.68. The highest BCUT2D eigenvalue weighted by atomic mass is 16.6. The van der Waals surface area contributed by atoms with Gasteiger partial charge >= 0.3 is 5.69 Å². The molecule has 0 saturated carbocycles. The molecule has 0 aromatic heterocycles. The Balaban J connectivity index is 1.84. The molecule has 1 amide bonds. The van der Waals surface area contributed by atoms with Crippen molar-refractivity contribution in [1.82, 2.24) is 5.32 Å². The van der Waals surface area contributed by atoms with Gasteiger partial charge in [0.1, 0.15) is 5.75 Å². The van der Waals surface area contributed by atoms with E-state index in [1.54, 1.807) is 20.1 Å². The van der Waals surface area contributed by atoms with Crippen LogP contribution in [-0.4, -0.2) is 31.1 Å². The molecule has 0 fully saturated rings. The van der Waals surface area contributed by atoms with E-state index in [1.807, 2.05) is 24.3 Å². The van der Waals surface area contributed by atoms with Gasteiger partial charge in [-0.2, -0.15) is 0 Å². The van der Waals surface area contributed by atoms with Crippen molar-refractivity contribution in [2.45, 2.75) is 13.3 Å². The van der Waals surface area contributed by atoms with Gasteiger partial charge in [0.15, 0.2) is 12.4 Å². The Morgan fingerprint density at radius 1 is 1.20 bits per heavy atom. The zero-order chi connectivity index (χ0) is 18.2. The van der Waals surface area contributed by atoms with Crippen molar-refractivity contribution < 1.29 is 19.2 Å². The Bertz CT molecular complexity index is 761. The minimum absolute atomic E-state index is 0.0791. The Morgan fingerprint density at radius 3 is 2.68 bits per heavy atom. The summed E-state index contributed by atoms with van der Waals surface area (Å²) >= 11 is 0. The second-order valence-corrected chi connectivity index (χ2v) is 5.43. The van der Waals surface area contributed by atoms with E-state index in [2.05, 4.69) is 5.32 Å². The number of aryl methyl sites for hydroxylation is 1. The molecule has 0 aliphatic heterocycles. The van der Waals surface area contributed by atoms with Crippen molar-refractivity contribution >= 4 is 11.6 Å². The van der Waals surface area contributed by atoms with Crippen LogP contribution in [0.4, 0.5) is 5.69 Å². The average molecular weight is 344 g/mol. The summed E-state index contributed by atoms with van der Waals surface area (Å²) in [4.78, 5) is 22.4. The van der Waals surface area contributed by atoms with Crippen LogP contribution in [0.5, 0.6) is 11.5 Å². The van der Waals surface area contributed by atoms with Gasteiger partial charge in [-0.05, 0) is 36.6 Å². The first-order valence-corrected chi connectivity index (χ1v) is 7.77. The maximum absolute atomic E-state index is 11.9. The fourth-order valence-corrected chi connectivity index (χ4v) is 2.33. The molecule has 1 N–H and O–H groups in total. The third kappa shape index (κ3) is 5.20. The molecule has 2 rings (SSSR count). The number of methoxy groups -OCH3 is 1. The maximum atomic E-state index is 11.9. The molecule has 2 aromatic rings. The summed E-state index contributed by atoms with van der Waals surface area (Å²) in [6.45, 7) is 1.88. The van der Waals surface area contributed by atoms with Crippen LogP contribution in [-0.2, 0) is 11.2 Å². The minimum atomic E-state index is -0.526. The van der Waals surface area contributed by atoms with Crippen LogP contribution < -0.4 is 14.8 Å². The van der Waals surface area contributed by atoms with Crippen LogP contribution in [0.3, 0.4) is 0 Å². The predicted octanol–water partition coefficient (Wildman–Crippen LogP) is 2.65. The first-order valence-electron chi connectivity index (χ1n) is 7.77. The molecule has 132 valence electrons. The van der Waals surface area contributed by atoms with E-state index < -0.39 is 4.92 Å². The van der Waals surface area contributed by atoms with Crippen LogP contribution in [0.15, 0.2) is 42.5 Å². The van der Waals surface area contributed by atoms with Crippen LogP contribution in [0.25, 0.3) is 0 Å². The van der Waals surface area contributed by atoms with Crippen molar-refractivity contribution in [2.75, 3.05) is 20.3 Å². The number of carbonyl (C=O) groups excluding carboxylic acids is 1. The summed E-state index contributed by atoms with van der Waals surface area (Å²) in [5, 5.41) is 13.7. The number of rotatable bonds is 8. The number of hydrogen-bond donors (Lipinski definition) is 1. The number of para-hydroxylation sites is 1. The first-order chi connectivity index (χ1) is 12.0. The normalized spacial score (nSPS) is 10.2. The van der Waals surface area contributed by atoms with Crippen LogP contribution in [0.2, 0.25) is 0 Å². The molecular formula is C18H20N2O5. The molecule has 0 unspecified atom stereocenters. The van der Waals surface area contributed by atoms with Gasteiger partial charge < -0.3 is 14.8 Å². The van der Waals surface area contributed by atoms with Gasteiger partial charge in [0.2, 0.25) is 0 Å². The smallest absolute Gasteiger partial charge is 0.311 e. The standard InChI is InChI=1S/C18H20N2O5/c1-13-7-8-17(15(11-13)20(22)23)25-12-18(21)19-10-9-14-5-3-4-6-16(14)24-2/h3-8,11H,9-10,12H2,1-2H3,(H,19,21). The quantitative estimate of drug-likeness (QED) is 0.587. The predicted molar refractivity (Wildman–Crippen MR) is 93.0 cm³/mol. The van der Waals surface area contributed by atoms with Gasteiger partial charge in [0.05, 0.1) is 12.0 Å². The molecule has 7 heteroatoms. The first kappa shape index (κ1) is 18.3. The van der Waals surface area contributed by atoms with Crippen molar-refractivity contribution in [3.8, 4) is 11.5 Å². The maximum Gasteiger partial charge on any atom is 0.311 e. The molecule has 0 aliphatic carbocycles. The van der Waals surface area contributed by atoms with Gasteiger partial charge in [-0.25, -0.2) is 0 Å². The summed E-state index contributed by atoms with van der Waals surface area (Å²) < 4.78 is 10.5. The number of carbonyl (C=O) groups is 1. The van der Waals surface area contributed by atoms with Crippen LogP contribution in [0.1, 0.15) is 11.1 Å². The molecule has 0 bridgehead atoms. The van der Waals surface area contributed by atoms with E-state index in [1.165, 1.54) is 12.1 Å². The van der Waals surface area contributed by atoms with E-state index in [-0.39, 0.29) is 24.0 Å². The fraction of sp³-hybridized carbons (Fsp3) is 0.278. The van der Waals surface area contributed by atoms with Gasteiger partial charge in [0.25, 0.3) is 5.91 Å². The third-order valence-electron chi connectivity index (χ3n) is 3.58. The molecule has 0 aliphatic rings. The Labute approximate surface area is 145 Å². The Hall–Kier alpha value is -3.09. The summed E-state index contributed by atoms with van der Waals surface area (Å²) in [6.07, 6.45) is 0.612. The van der Waals surface area contributed by atoms with Gasteiger partial charge in [-0.15, -0.1) is 0 Å². The van der Waals surface area contributed by atoms with E-state index in [9.17, 15) is 14.9 Å². The lowest BCUT2D eigenvalue weighted by Crippen LogP contribution is -2.30. The largest absolute Gasteiger partial charge is 0.496 e. The monoisotopic (exact) mass is 344 g/mol. The lowest BCUT2D eigenvalue weighted by Gasteiger charge is -2.10. The SMILES string of the molecule is COc1ccccc1CCNC(=O)COc1ccc(C)cc1[N+](=O)[O-]. The van der Waals surface area contributed by atoms with E-state index in [0.717, 1.165) is 16.9 Å². The number of nitrogens with one attached hydrogen (secondary N) is 1. The molecule has 0 radical (unpaired) electrons. The van der Waals surface area contributed by atoms with Gasteiger partial charge in [0, 0.05) is 12.6 Å². The van der Waals surface area contributed by atoms with Crippen LogP contribution >= 0.6 is 0 Å². The van der Waals surface area contributed by atoms with Crippen LogP contribution in [0, 0.1) is 17.0 Å². The molecule has 0 saturated heterocycles. The van der Waals surface area contributed by atoms with Crippen molar-refractivity contribution in [3.63, 3.8) is 0 Å². The topological polar surface area (TPSA) is 90.7 Å². The average Bonchev–Trinajstić information content (AvgIpc) is 2.61. The molecule has 7 nitrogen and oxygen atoms in total. The Kier molecular flexibility index (Phi) is 6.33. The molecule has 0 spiro atoms. The number of nitro benzene ring substituents is 1. The summed E-state index contributed by atoms with van der Waals surface area (Å²) in [5.74, 6) is 0.503. The highest BCUT2D eigenvalue weighted by Gasteiger charge is 2.16. The van der Waals surface area contributed by atoms with Crippen molar-refractivity contribution in [3.05, 3.63) is 63.7 Å².